The van der Waals surface area contributed by atoms with Crippen LogP contribution in [0, 0.1) is 11.8 Å². The second-order valence-electron chi connectivity index (χ2n) is 6.61. The van der Waals surface area contributed by atoms with E-state index in [0.29, 0.717) is 24.3 Å². The number of hydrogen-bond donors (Lipinski definition) is 1. The Hall–Kier alpha value is -2.24. The molecule has 1 aliphatic rings. The van der Waals surface area contributed by atoms with Crippen LogP contribution in [-0.2, 0) is 4.79 Å². The molecule has 0 atom stereocenters. The van der Waals surface area contributed by atoms with Crippen molar-refractivity contribution in [1.82, 2.24) is 0 Å². The normalized spacial score (nSPS) is 20.8. The lowest BCUT2D eigenvalue weighted by molar-refractivity contribution is -0.146. The standard InChI is InChI=1S/C20H24F3NO2/c1-3-19(25)24-17-10-11-18(26-2)16(12-17)9-8-14-4-6-15(7-5-14)13-20(21,22)23/h3,8-12,14-15H,1,4-7,13H2,2H3,(H,24,25)/b9-8+. The van der Waals surface area contributed by atoms with Gasteiger partial charge in [-0.15, -0.1) is 0 Å². The third-order valence-electron chi connectivity index (χ3n) is 4.64. The fourth-order valence-electron chi connectivity index (χ4n) is 3.29. The third-order valence-corrected chi connectivity index (χ3v) is 4.64. The summed E-state index contributed by atoms with van der Waals surface area (Å²) in [5, 5.41) is 2.70. The number of benzene rings is 1. The van der Waals surface area contributed by atoms with Crippen LogP contribution in [0.4, 0.5) is 18.9 Å². The molecule has 1 aromatic carbocycles. The minimum absolute atomic E-state index is 0.258. The van der Waals surface area contributed by atoms with E-state index in [0.717, 1.165) is 18.4 Å². The first kappa shape index (κ1) is 20.1. The largest absolute Gasteiger partial charge is 0.496 e. The summed E-state index contributed by atoms with van der Waals surface area (Å²) in [5.41, 5.74) is 1.44. The van der Waals surface area contributed by atoms with Gasteiger partial charge in [-0.3, -0.25) is 4.79 Å². The predicted molar refractivity (Wildman–Crippen MR) is 97.0 cm³/mol. The van der Waals surface area contributed by atoms with Crippen LogP contribution < -0.4 is 10.1 Å². The van der Waals surface area contributed by atoms with Crippen LogP contribution in [0.1, 0.15) is 37.7 Å². The lowest BCUT2D eigenvalue weighted by atomic mass is 9.80. The van der Waals surface area contributed by atoms with Gasteiger partial charge >= 0.3 is 6.18 Å². The van der Waals surface area contributed by atoms with Crippen molar-refractivity contribution < 1.29 is 22.7 Å². The average molecular weight is 367 g/mol. The molecule has 0 bridgehead atoms. The van der Waals surface area contributed by atoms with Crippen LogP contribution in [-0.4, -0.2) is 19.2 Å². The number of amides is 1. The molecule has 1 aliphatic carbocycles. The molecule has 1 fully saturated rings. The number of anilines is 1. The molecule has 1 aromatic rings. The second-order valence-corrected chi connectivity index (χ2v) is 6.61. The molecule has 0 saturated heterocycles. The number of allylic oxidation sites excluding steroid dienone is 1. The molecule has 142 valence electrons. The van der Waals surface area contributed by atoms with Crippen molar-refractivity contribution in [2.24, 2.45) is 11.8 Å². The van der Waals surface area contributed by atoms with E-state index in [9.17, 15) is 18.0 Å². The summed E-state index contributed by atoms with van der Waals surface area (Å²) in [6, 6.07) is 5.30. The van der Waals surface area contributed by atoms with E-state index in [4.69, 9.17) is 4.74 Å². The maximum absolute atomic E-state index is 12.5. The lowest BCUT2D eigenvalue weighted by Gasteiger charge is -2.27. The van der Waals surface area contributed by atoms with Gasteiger partial charge < -0.3 is 10.1 Å². The fourth-order valence-corrected chi connectivity index (χ4v) is 3.29. The van der Waals surface area contributed by atoms with Crippen molar-refractivity contribution in [3.8, 4) is 5.75 Å². The van der Waals surface area contributed by atoms with E-state index < -0.39 is 12.6 Å². The smallest absolute Gasteiger partial charge is 0.389 e. The van der Waals surface area contributed by atoms with E-state index in [-0.39, 0.29) is 17.7 Å². The van der Waals surface area contributed by atoms with Crippen molar-refractivity contribution in [1.29, 1.82) is 0 Å². The Morgan fingerprint density at radius 3 is 2.58 bits per heavy atom. The zero-order valence-corrected chi connectivity index (χ0v) is 14.8. The Kier molecular flexibility index (Phi) is 6.89. The van der Waals surface area contributed by atoms with Crippen molar-refractivity contribution in [3.05, 3.63) is 42.5 Å². The lowest BCUT2D eigenvalue weighted by Crippen LogP contribution is -2.20. The zero-order chi connectivity index (χ0) is 19.2. The summed E-state index contributed by atoms with van der Waals surface area (Å²) < 4.78 is 42.8. The molecule has 1 amide bonds. The van der Waals surface area contributed by atoms with Crippen molar-refractivity contribution in [3.63, 3.8) is 0 Å². The highest BCUT2D eigenvalue weighted by Crippen LogP contribution is 2.37. The van der Waals surface area contributed by atoms with E-state index in [1.807, 2.05) is 12.2 Å². The van der Waals surface area contributed by atoms with Crippen LogP contribution in [0.25, 0.3) is 6.08 Å². The Bertz CT molecular complexity index is 660. The quantitative estimate of drug-likeness (QED) is 0.666. The molecule has 2 rings (SSSR count). The van der Waals surface area contributed by atoms with Crippen molar-refractivity contribution >= 4 is 17.7 Å². The van der Waals surface area contributed by atoms with Gasteiger partial charge in [0.05, 0.1) is 7.11 Å². The van der Waals surface area contributed by atoms with Gasteiger partial charge in [0.1, 0.15) is 5.75 Å². The average Bonchev–Trinajstić information content (AvgIpc) is 2.60. The van der Waals surface area contributed by atoms with Gasteiger partial charge in [0.2, 0.25) is 5.91 Å². The molecule has 0 unspecified atom stereocenters. The van der Waals surface area contributed by atoms with Crippen LogP contribution in [0.3, 0.4) is 0 Å². The molecule has 0 aromatic heterocycles. The van der Waals surface area contributed by atoms with Gasteiger partial charge in [0, 0.05) is 17.7 Å². The summed E-state index contributed by atoms with van der Waals surface area (Å²) in [5.74, 6) is 0.374. The van der Waals surface area contributed by atoms with Gasteiger partial charge in [-0.25, -0.2) is 0 Å². The number of alkyl halides is 3. The van der Waals surface area contributed by atoms with Crippen molar-refractivity contribution in [2.45, 2.75) is 38.3 Å². The monoisotopic (exact) mass is 367 g/mol. The summed E-state index contributed by atoms with van der Waals surface area (Å²) in [6.45, 7) is 3.42. The third kappa shape index (κ3) is 6.24. The minimum atomic E-state index is -4.07. The summed E-state index contributed by atoms with van der Waals surface area (Å²) >= 11 is 0. The molecule has 1 saturated carbocycles. The fraction of sp³-hybridized carbons (Fsp3) is 0.450. The topological polar surface area (TPSA) is 38.3 Å². The van der Waals surface area contributed by atoms with E-state index >= 15 is 0 Å². The molecule has 1 N–H and O–H groups in total. The molecule has 0 aliphatic heterocycles. The van der Waals surface area contributed by atoms with E-state index in [1.54, 1.807) is 25.3 Å². The van der Waals surface area contributed by atoms with E-state index in [2.05, 4.69) is 11.9 Å². The van der Waals surface area contributed by atoms with Gasteiger partial charge in [-0.1, -0.05) is 18.7 Å². The SMILES string of the molecule is C=CC(=O)Nc1ccc(OC)c(/C=C/C2CCC(CC(F)(F)F)CC2)c1. The number of methoxy groups -OCH3 is 1. The van der Waals surface area contributed by atoms with Crippen LogP contribution in [0.15, 0.2) is 36.9 Å². The first-order valence-electron chi connectivity index (χ1n) is 8.67. The Morgan fingerprint density at radius 1 is 1.31 bits per heavy atom. The first-order valence-corrected chi connectivity index (χ1v) is 8.67. The minimum Gasteiger partial charge on any atom is -0.496 e. The molecule has 6 heteroatoms. The van der Waals surface area contributed by atoms with Crippen molar-refractivity contribution in [2.75, 3.05) is 12.4 Å². The number of rotatable bonds is 6. The summed E-state index contributed by atoms with van der Waals surface area (Å²) in [4.78, 5) is 11.4. The maximum atomic E-state index is 12.5. The molecule has 3 nitrogen and oxygen atoms in total. The highest BCUT2D eigenvalue weighted by atomic mass is 19.4. The number of nitrogens with one attached hydrogen (secondary N) is 1. The number of carbonyl (C=O) groups is 1. The first-order chi connectivity index (χ1) is 12.3. The molecule has 26 heavy (non-hydrogen) atoms. The predicted octanol–water partition coefficient (Wildman–Crippen LogP) is 5.59. The number of carbonyl (C=O) groups excluding carboxylic acids is 1. The Morgan fingerprint density at radius 2 is 2.00 bits per heavy atom. The van der Waals surface area contributed by atoms with Gasteiger partial charge in [-0.2, -0.15) is 13.2 Å². The number of ether oxygens (including phenoxy) is 1. The van der Waals surface area contributed by atoms with Gasteiger partial charge in [0.15, 0.2) is 0 Å². The molecule has 0 radical (unpaired) electrons. The molecular weight excluding hydrogens is 343 g/mol. The van der Waals surface area contributed by atoms with Gasteiger partial charge in [0.25, 0.3) is 0 Å². The van der Waals surface area contributed by atoms with Crippen LogP contribution in [0.2, 0.25) is 0 Å². The molecule has 0 spiro atoms. The Balaban J connectivity index is 2.00. The summed E-state index contributed by atoms with van der Waals surface area (Å²) in [7, 11) is 1.57. The molecular formula is C20H24F3NO2. The number of hydrogen-bond acceptors (Lipinski definition) is 2. The second kappa shape index (κ2) is 8.92. The van der Waals surface area contributed by atoms with E-state index in [1.165, 1.54) is 6.08 Å². The van der Waals surface area contributed by atoms with Crippen LogP contribution in [0.5, 0.6) is 5.75 Å². The summed E-state index contributed by atoms with van der Waals surface area (Å²) in [6.07, 6.45) is 3.09. The highest BCUT2D eigenvalue weighted by molar-refractivity contribution is 5.99. The zero-order valence-electron chi connectivity index (χ0n) is 14.8. The van der Waals surface area contributed by atoms with Gasteiger partial charge in [-0.05, 0) is 61.8 Å². The highest BCUT2D eigenvalue weighted by Gasteiger charge is 2.33. The molecule has 0 heterocycles. The Labute approximate surface area is 151 Å². The maximum Gasteiger partial charge on any atom is 0.389 e. The number of halogens is 3. The van der Waals surface area contributed by atoms with Crippen LogP contribution >= 0.6 is 0 Å².